The summed E-state index contributed by atoms with van der Waals surface area (Å²) in [5, 5.41) is 3.23. The highest BCUT2D eigenvalue weighted by molar-refractivity contribution is 5.52. The Labute approximate surface area is 108 Å². The van der Waals surface area contributed by atoms with Crippen LogP contribution >= 0.6 is 0 Å². The number of nitrogen functional groups attached to an aromatic ring is 1. The van der Waals surface area contributed by atoms with Crippen LogP contribution in [-0.2, 0) is 0 Å². The number of halogens is 1. The topological polar surface area (TPSA) is 41.3 Å². The molecule has 1 aromatic carbocycles. The predicted molar refractivity (Wildman–Crippen MR) is 74.2 cm³/mol. The first-order valence-corrected chi connectivity index (χ1v) is 6.50. The summed E-state index contributed by atoms with van der Waals surface area (Å²) in [6.07, 6.45) is 4.85. The quantitative estimate of drug-likeness (QED) is 0.808. The normalized spacial score (nSPS) is 18.2. The van der Waals surface area contributed by atoms with Crippen molar-refractivity contribution in [3.63, 3.8) is 0 Å². The minimum atomic E-state index is -0.276. The second kappa shape index (κ2) is 5.14. The summed E-state index contributed by atoms with van der Waals surface area (Å²) in [6, 6.07) is 4.80. The average molecular weight is 251 g/mol. The van der Waals surface area contributed by atoms with Gasteiger partial charge in [0.25, 0.3) is 0 Å². The summed E-state index contributed by atoms with van der Waals surface area (Å²) in [4.78, 5) is 2.27. The minimum Gasteiger partial charge on any atom is -0.399 e. The number of hydrogen-bond acceptors (Lipinski definition) is 3. The first-order chi connectivity index (χ1) is 8.53. The molecule has 2 rings (SSSR count). The van der Waals surface area contributed by atoms with Crippen molar-refractivity contribution in [1.29, 1.82) is 0 Å². The van der Waals surface area contributed by atoms with Crippen molar-refractivity contribution in [3.05, 3.63) is 24.0 Å². The fourth-order valence-corrected chi connectivity index (χ4v) is 2.75. The number of rotatable bonds is 4. The molecule has 1 fully saturated rings. The van der Waals surface area contributed by atoms with Crippen molar-refractivity contribution < 1.29 is 4.39 Å². The van der Waals surface area contributed by atoms with E-state index in [0.717, 1.165) is 6.54 Å². The van der Waals surface area contributed by atoms with Crippen molar-refractivity contribution in [1.82, 2.24) is 4.90 Å². The van der Waals surface area contributed by atoms with Crippen LogP contribution in [0.1, 0.15) is 25.7 Å². The highest BCUT2D eigenvalue weighted by Crippen LogP contribution is 2.34. The summed E-state index contributed by atoms with van der Waals surface area (Å²) < 4.78 is 13.7. The summed E-state index contributed by atoms with van der Waals surface area (Å²) >= 11 is 0. The monoisotopic (exact) mass is 251 g/mol. The number of benzene rings is 1. The predicted octanol–water partition coefficient (Wildman–Crippen LogP) is 2.69. The second-order valence-electron chi connectivity index (χ2n) is 5.42. The van der Waals surface area contributed by atoms with E-state index in [4.69, 9.17) is 5.73 Å². The molecule has 0 radical (unpaired) electrons. The van der Waals surface area contributed by atoms with Crippen LogP contribution in [-0.4, -0.2) is 31.1 Å². The summed E-state index contributed by atoms with van der Waals surface area (Å²) in [5.41, 5.74) is 6.70. The number of nitrogens with one attached hydrogen (secondary N) is 1. The zero-order valence-corrected chi connectivity index (χ0v) is 11.2. The zero-order chi connectivity index (χ0) is 13.2. The Morgan fingerprint density at radius 3 is 2.56 bits per heavy atom. The van der Waals surface area contributed by atoms with Crippen LogP contribution in [0.2, 0.25) is 0 Å². The molecule has 1 aliphatic carbocycles. The third-order valence-electron chi connectivity index (χ3n) is 4.08. The van der Waals surface area contributed by atoms with Gasteiger partial charge in [-0.15, -0.1) is 0 Å². The lowest BCUT2D eigenvalue weighted by atomic mass is 9.96. The number of hydrogen-bond donors (Lipinski definition) is 2. The summed E-state index contributed by atoms with van der Waals surface area (Å²) in [7, 11) is 4.21. The molecule has 1 aromatic rings. The Balaban J connectivity index is 2.06. The van der Waals surface area contributed by atoms with Gasteiger partial charge in [0, 0.05) is 17.8 Å². The number of nitrogens with zero attached hydrogens (tertiary/aromatic N) is 1. The fourth-order valence-electron chi connectivity index (χ4n) is 2.75. The zero-order valence-electron chi connectivity index (χ0n) is 11.2. The molecule has 0 atom stereocenters. The van der Waals surface area contributed by atoms with Gasteiger partial charge in [-0.25, -0.2) is 4.39 Å². The Morgan fingerprint density at radius 2 is 2.00 bits per heavy atom. The largest absolute Gasteiger partial charge is 0.399 e. The number of nitrogens with two attached hydrogens (primary N) is 1. The second-order valence-corrected chi connectivity index (χ2v) is 5.42. The molecule has 0 spiro atoms. The lowest BCUT2D eigenvalue weighted by Crippen LogP contribution is -2.47. The van der Waals surface area contributed by atoms with Crippen molar-refractivity contribution in [2.75, 3.05) is 31.7 Å². The Bertz CT molecular complexity index is 412. The molecule has 1 aliphatic rings. The molecule has 3 nitrogen and oxygen atoms in total. The van der Waals surface area contributed by atoms with Gasteiger partial charge in [0.2, 0.25) is 0 Å². The van der Waals surface area contributed by atoms with E-state index >= 15 is 0 Å². The van der Waals surface area contributed by atoms with Gasteiger partial charge in [0.1, 0.15) is 5.82 Å². The maximum atomic E-state index is 13.7. The lowest BCUT2D eigenvalue weighted by Gasteiger charge is -2.36. The third-order valence-corrected chi connectivity index (χ3v) is 4.08. The highest BCUT2D eigenvalue weighted by Gasteiger charge is 2.35. The SMILES string of the molecule is CN(C)C1(CNc2ccc(N)cc2F)CCCC1. The molecule has 0 bridgehead atoms. The van der Waals surface area contributed by atoms with Crippen LogP contribution in [0.25, 0.3) is 0 Å². The van der Waals surface area contributed by atoms with Crippen molar-refractivity contribution >= 4 is 11.4 Å². The molecule has 0 aliphatic heterocycles. The molecule has 0 saturated heterocycles. The number of anilines is 2. The maximum Gasteiger partial charge on any atom is 0.148 e. The smallest absolute Gasteiger partial charge is 0.148 e. The van der Waals surface area contributed by atoms with Crippen molar-refractivity contribution in [2.24, 2.45) is 0 Å². The van der Waals surface area contributed by atoms with Crippen LogP contribution in [0.5, 0.6) is 0 Å². The Kier molecular flexibility index (Phi) is 3.76. The minimum absolute atomic E-state index is 0.161. The molecule has 18 heavy (non-hydrogen) atoms. The van der Waals surface area contributed by atoms with Crippen LogP contribution in [0.4, 0.5) is 15.8 Å². The average Bonchev–Trinajstić information content (AvgIpc) is 2.78. The van der Waals surface area contributed by atoms with Gasteiger partial charge in [-0.3, -0.25) is 0 Å². The summed E-state index contributed by atoms with van der Waals surface area (Å²) in [5.74, 6) is -0.276. The van der Waals surface area contributed by atoms with E-state index in [2.05, 4.69) is 24.3 Å². The van der Waals surface area contributed by atoms with Gasteiger partial charge in [0.15, 0.2) is 0 Å². The third kappa shape index (κ3) is 2.58. The molecular formula is C14H22FN3. The molecule has 4 heteroatoms. The number of likely N-dealkylation sites (N-methyl/N-ethyl adjacent to an activating group) is 1. The molecule has 0 unspecified atom stereocenters. The van der Waals surface area contributed by atoms with Gasteiger partial charge in [-0.1, -0.05) is 12.8 Å². The van der Waals surface area contributed by atoms with Crippen LogP contribution < -0.4 is 11.1 Å². The van der Waals surface area contributed by atoms with E-state index < -0.39 is 0 Å². The van der Waals surface area contributed by atoms with Gasteiger partial charge >= 0.3 is 0 Å². The van der Waals surface area contributed by atoms with E-state index in [0.29, 0.717) is 11.4 Å². The molecule has 1 saturated carbocycles. The highest BCUT2D eigenvalue weighted by atomic mass is 19.1. The molecule has 100 valence electrons. The molecule has 0 amide bonds. The standard InChI is InChI=1S/C14H22FN3/c1-18(2)14(7-3-4-8-14)10-17-13-6-5-11(16)9-12(13)15/h5-6,9,17H,3-4,7-8,10,16H2,1-2H3. The van der Waals surface area contributed by atoms with Gasteiger partial charge in [-0.2, -0.15) is 0 Å². The molecule has 0 aromatic heterocycles. The van der Waals surface area contributed by atoms with Crippen LogP contribution in [0.15, 0.2) is 18.2 Å². The maximum absolute atomic E-state index is 13.7. The van der Waals surface area contributed by atoms with E-state index in [1.165, 1.54) is 31.7 Å². The van der Waals surface area contributed by atoms with Gasteiger partial charge in [0.05, 0.1) is 5.69 Å². The van der Waals surface area contributed by atoms with E-state index in [1.807, 2.05) is 0 Å². The van der Waals surface area contributed by atoms with E-state index in [9.17, 15) is 4.39 Å². The van der Waals surface area contributed by atoms with Gasteiger partial charge < -0.3 is 16.0 Å². The fraction of sp³-hybridized carbons (Fsp3) is 0.571. The van der Waals surface area contributed by atoms with Gasteiger partial charge in [-0.05, 0) is 45.1 Å². The van der Waals surface area contributed by atoms with Crippen LogP contribution in [0, 0.1) is 5.82 Å². The summed E-state index contributed by atoms with van der Waals surface area (Å²) in [6.45, 7) is 0.779. The van der Waals surface area contributed by atoms with E-state index in [1.54, 1.807) is 12.1 Å². The van der Waals surface area contributed by atoms with E-state index in [-0.39, 0.29) is 11.4 Å². The Morgan fingerprint density at radius 1 is 1.33 bits per heavy atom. The first-order valence-electron chi connectivity index (χ1n) is 6.50. The molecule has 3 N–H and O–H groups in total. The first kappa shape index (κ1) is 13.1. The lowest BCUT2D eigenvalue weighted by molar-refractivity contribution is 0.172. The van der Waals surface area contributed by atoms with Crippen molar-refractivity contribution in [2.45, 2.75) is 31.2 Å². The molecule has 0 heterocycles. The molecular weight excluding hydrogens is 229 g/mol. The Hall–Kier alpha value is -1.29. The van der Waals surface area contributed by atoms with Crippen molar-refractivity contribution in [3.8, 4) is 0 Å². The van der Waals surface area contributed by atoms with Crippen LogP contribution in [0.3, 0.4) is 0 Å².